The van der Waals surface area contributed by atoms with Gasteiger partial charge in [0.25, 0.3) is 0 Å². The SMILES string of the molecule is CC(C)(C)OC(=O)COc1cc(Cl)ccc1-n1cnnn1. The van der Waals surface area contributed by atoms with Crippen LogP contribution in [0.4, 0.5) is 0 Å². The van der Waals surface area contributed by atoms with Gasteiger partial charge >= 0.3 is 5.97 Å². The highest BCUT2D eigenvalue weighted by atomic mass is 35.5. The molecular formula is C13H15ClN4O3. The molecule has 0 bridgehead atoms. The van der Waals surface area contributed by atoms with Crippen molar-refractivity contribution < 1.29 is 14.3 Å². The van der Waals surface area contributed by atoms with Crippen molar-refractivity contribution in [2.45, 2.75) is 26.4 Å². The van der Waals surface area contributed by atoms with E-state index in [2.05, 4.69) is 15.5 Å². The van der Waals surface area contributed by atoms with Gasteiger partial charge in [-0.25, -0.2) is 4.79 Å². The van der Waals surface area contributed by atoms with Crippen LogP contribution in [-0.4, -0.2) is 38.4 Å². The number of hydrogen-bond acceptors (Lipinski definition) is 6. The Kier molecular flexibility index (Phi) is 4.42. The quantitative estimate of drug-likeness (QED) is 0.804. The van der Waals surface area contributed by atoms with Gasteiger partial charge in [0, 0.05) is 11.1 Å². The first-order valence-electron chi connectivity index (χ1n) is 6.23. The number of carbonyl (C=O) groups excluding carboxylic acids is 1. The van der Waals surface area contributed by atoms with Gasteiger partial charge in [-0.05, 0) is 43.3 Å². The molecule has 0 aliphatic rings. The van der Waals surface area contributed by atoms with E-state index in [1.165, 1.54) is 11.0 Å². The third kappa shape index (κ3) is 4.42. The van der Waals surface area contributed by atoms with E-state index in [0.717, 1.165) is 0 Å². The van der Waals surface area contributed by atoms with Crippen LogP contribution in [0.15, 0.2) is 24.5 Å². The number of hydrogen-bond donors (Lipinski definition) is 0. The summed E-state index contributed by atoms with van der Waals surface area (Å²) < 4.78 is 12.1. The van der Waals surface area contributed by atoms with E-state index in [9.17, 15) is 4.79 Å². The fraction of sp³-hybridized carbons (Fsp3) is 0.385. The van der Waals surface area contributed by atoms with E-state index >= 15 is 0 Å². The van der Waals surface area contributed by atoms with Gasteiger partial charge in [-0.3, -0.25) is 0 Å². The first-order chi connectivity index (χ1) is 9.85. The van der Waals surface area contributed by atoms with Gasteiger partial charge < -0.3 is 9.47 Å². The summed E-state index contributed by atoms with van der Waals surface area (Å²) in [6, 6.07) is 4.96. The van der Waals surface area contributed by atoms with Gasteiger partial charge in [0.1, 0.15) is 23.4 Å². The molecule has 0 aliphatic heterocycles. The Labute approximate surface area is 126 Å². The number of nitrogens with zero attached hydrogens (tertiary/aromatic N) is 4. The monoisotopic (exact) mass is 310 g/mol. The lowest BCUT2D eigenvalue weighted by Gasteiger charge is -2.19. The van der Waals surface area contributed by atoms with Crippen LogP contribution in [0, 0.1) is 0 Å². The Bertz CT molecular complexity index is 623. The Morgan fingerprint density at radius 3 is 2.76 bits per heavy atom. The topological polar surface area (TPSA) is 79.1 Å². The second kappa shape index (κ2) is 6.09. The van der Waals surface area contributed by atoms with E-state index in [0.29, 0.717) is 16.5 Å². The van der Waals surface area contributed by atoms with Crippen LogP contribution >= 0.6 is 11.6 Å². The van der Waals surface area contributed by atoms with E-state index in [-0.39, 0.29) is 6.61 Å². The molecule has 0 aliphatic carbocycles. The van der Waals surface area contributed by atoms with Gasteiger partial charge in [-0.15, -0.1) is 5.10 Å². The molecule has 1 heterocycles. The van der Waals surface area contributed by atoms with Crippen LogP contribution in [-0.2, 0) is 9.53 Å². The average Bonchev–Trinajstić information content (AvgIpc) is 2.88. The molecule has 1 aromatic heterocycles. The lowest BCUT2D eigenvalue weighted by molar-refractivity contribution is -0.157. The molecular weight excluding hydrogens is 296 g/mol. The molecule has 2 rings (SSSR count). The minimum Gasteiger partial charge on any atom is -0.480 e. The van der Waals surface area contributed by atoms with E-state index in [1.807, 2.05) is 0 Å². The van der Waals surface area contributed by atoms with Crippen molar-refractivity contribution in [1.82, 2.24) is 20.2 Å². The van der Waals surface area contributed by atoms with Crippen LogP contribution < -0.4 is 4.74 Å². The molecule has 0 amide bonds. The molecule has 0 spiro atoms. The van der Waals surface area contributed by atoms with E-state index in [4.69, 9.17) is 21.1 Å². The molecule has 0 saturated carbocycles. The minimum absolute atomic E-state index is 0.229. The number of carbonyl (C=O) groups is 1. The van der Waals surface area contributed by atoms with Gasteiger partial charge in [0.05, 0.1) is 0 Å². The number of esters is 1. The highest BCUT2D eigenvalue weighted by Gasteiger charge is 2.17. The molecule has 112 valence electrons. The summed E-state index contributed by atoms with van der Waals surface area (Å²) in [7, 11) is 0. The Hall–Kier alpha value is -2.15. The molecule has 7 nitrogen and oxygen atoms in total. The zero-order valence-electron chi connectivity index (χ0n) is 11.9. The number of halogens is 1. The van der Waals surface area contributed by atoms with Crippen LogP contribution in [0.5, 0.6) is 5.75 Å². The number of tetrazole rings is 1. The summed E-state index contributed by atoms with van der Waals surface area (Å²) in [5.41, 5.74) is 0.0147. The molecule has 0 N–H and O–H groups in total. The van der Waals surface area contributed by atoms with Gasteiger partial charge in [0.15, 0.2) is 6.61 Å². The number of ether oxygens (including phenoxy) is 2. The number of rotatable bonds is 4. The van der Waals surface area contributed by atoms with E-state index in [1.54, 1.807) is 39.0 Å². The van der Waals surface area contributed by atoms with Crippen molar-refractivity contribution in [3.05, 3.63) is 29.5 Å². The minimum atomic E-state index is -0.562. The van der Waals surface area contributed by atoms with Gasteiger partial charge in [0.2, 0.25) is 0 Å². The molecule has 1 aromatic carbocycles. The fourth-order valence-electron chi connectivity index (χ4n) is 1.57. The van der Waals surface area contributed by atoms with Gasteiger partial charge in [-0.2, -0.15) is 4.68 Å². The molecule has 8 heteroatoms. The van der Waals surface area contributed by atoms with E-state index < -0.39 is 11.6 Å². The Morgan fingerprint density at radius 2 is 2.14 bits per heavy atom. The molecule has 0 atom stereocenters. The molecule has 0 fully saturated rings. The molecule has 0 radical (unpaired) electrons. The van der Waals surface area contributed by atoms with Crippen molar-refractivity contribution in [2.75, 3.05) is 6.61 Å². The molecule has 0 unspecified atom stereocenters. The van der Waals surface area contributed by atoms with Crippen molar-refractivity contribution in [3.63, 3.8) is 0 Å². The smallest absolute Gasteiger partial charge is 0.344 e. The normalized spacial score (nSPS) is 11.2. The Morgan fingerprint density at radius 1 is 1.38 bits per heavy atom. The van der Waals surface area contributed by atoms with Crippen molar-refractivity contribution in [1.29, 1.82) is 0 Å². The summed E-state index contributed by atoms with van der Waals surface area (Å²) in [5.74, 6) is -0.0780. The maximum atomic E-state index is 11.7. The third-order valence-corrected chi connectivity index (χ3v) is 2.52. The fourth-order valence-corrected chi connectivity index (χ4v) is 1.73. The summed E-state index contributed by atoms with van der Waals surface area (Å²) in [6.45, 7) is 5.14. The summed E-state index contributed by atoms with van der Waals surface area (Å²) in [4.78, 5) is 11.7. The first-order valence-corrected chi connectivity index (χ1v) is 6.60. The number of benzene rings is 1. The predicted octanol–water partition coefficient (Wildman–Crippen LogP) is 2.04. The van der Waals surface area contributed by atoms with Crippen molar-refractivity contribution in [2.24, 2.45) is 0 Å². The maximum absolute atomic E-state index is 11.7. The highest BCUT2D eigenvalue weighted by molar-refractivity contribution is 6.30. The van der Waals surface area contributed by atoms with Crippen molar-refractivity contribution in [3.8, 4) is 11.4 Å². The lowest BCUT2D eigenvalue weighted by atomic mass is 10.2. The summed E-state index contributed by atoms with van der Waals surface area (Å²) in [5, 5.41) is 11.4. The molecule has 2 aromatic rings. The van der Waals surface area contributed by atoms with Gasteiger partial charge in [-0.1, -0.05) is 11.6 Å². The van der Waals surface area contributed by atoms with Crippen LogP contribution in [0.3, 0.4) is 0 Å². The zero-order valence-corrected chi connectivity index (χ0v) is 12.7. The molecule has 21 heavy (non-hydrogen) atoms. The van der Waals surface area contributed by atoms with Crippen LogP contribution in [0.1, 0.15) is 20.8 Å². The standard InChI is InChI=1S/C13H15ClN4O3/c1-13(2,3)21-12(19)7-20-11-6-9(14)4-5-10(11)18-8-15-16-17-18/h4-6,8H,7H2,1-3H3. The second-order valence-electron chi connectivity index (χ2n) is 5.24. The largest absolute Gasteiger partial charge is 0.480 e. The Balaban J connectivity index is 2.13. The molecule has 0 saturated heterocycles. The zero-order chi connectivity index (χ0) is 15.5. The predicted molar refractivity (Wildman–Crippen MR) is 75.5 cm³/mol. The number of aromatic nitrogens is 4. The highest BCUT2D eigenvalue weighted by Crippen LogP contribution is 2.26. The maximum Gasteiger partial charge on any atom is 0.344 e. The first kappa shape index (κ1) is 15.2. The van der Waals surface area contributed by atoms with Crippen LogP contribution in [0.2, 0.25) is 5.02 Å². The summed E-state index contributed by atoms with van der Waals surface area (Å²) >= 11 is 5.94. The lowest BCUT2D eigenvalue weighted by Crippen LogP contribution is -2.27. The summed E-state index contributed by atoms with van der Waals surface area (Å²) in [6.07, 6.45) is 1.42. The third-order valence-electron chi connectivity index (χ3n) is 2.28. The second-order valence-corrected chi connectivity index (χ2v) is 5.68. The van der Waals surface area contributed by atoms with Crippen molar-refractivity contribution >= 4 is 17.6 Å². The average molecular weight is 311 g/mol. The van der Waals surface area contributed by atoms with Crippen LogP contribution in [0.25, 0.3) is 5.69 Å².